The van der Waals surface area contributed by atoms with Crippen LogP contribution in [0.15, 0.2) is 41.3 Å². The summed E-state index contributed by atoms with van der Waals surface area (Å²) in [5.41, 5.74) is 3.16. The third kappa shape index (κ3) is 3.79. The van der Waals surface area contributed by atoms with Gasteiger partial charge in [-0.15, -0.1) is 0 Å². The third-order valence-electron chi connectivity index (χ3n) is 3.94. The van der Waals surface area contributed by atoms with Crippen molar-refractivity contribution in [3.63, 3.8) is 0 Å². The van der Waals surface area contributed by atoms with Crippen LogP contribution in [0.4, 0.5) is 0 Å². The van der Waals surface area contributed by atoms with Gasteiger partial charge >= 0.3 is 0 Å². The number of nitrogens with one attached hydrogen (secondary N) is 1. The number of aromatic nitrogens is 3. The molecule has 122 valence electrons. The van der Waals surface area contributed by atoms with E-state index in [1.54, 1.807) is 6.20 Å². The minimum atomic E-state index is 0.116. The molecule has 0 bridgehead atoms. The molecule has 3 aromatic rings. The topological polar surface area (TPSA) is 55.9 Å². The highest BCUT2D eigenvalue weighted by Gasteiger charge is 2.16. The molecule has 2 heterocycles. The van der Waals surface area contributed by atoms with E-state index in [2.05, 4.69) is 59.7 Å². The molecule has 1 atom stereocenters. The Hall–Kier alpha value is -2.14. The molecule has 0 saturated carbocycles. The van der Waals surface area contributed by atoms with E-state index in [1.807, 2.05) is 18.6 Å². The molecule has 0 saturated heterocycles. The standard InChI is InChI=1S/C18H24N4O/c1-13(11-22-8-7-19-12-22)20-10-17-21-15-9-14(18(2,3)4)5-6-16(15)23-17/h5-9,12-13,20H,10-11H2,1-4H3/t13-/m1/s1. The second kappa shape index (κ2) is 6.16. The molecule has 0 spiro atoms. The smallest absolute Gasteiger partial charge is 0.209 e. The van der Waals surface area contributed by atoms with E-state index in [4.69, 9.17) is 4.42 Å². The highest BCUT2D eigenvalue weighted by atomic mass is 16.3. The molecule has 2 aromatic heterocycles. The maximum absolute atomic E-state index is 5.83. The van der Waals surface area contributed by atoms with Gasteiger partial charge in [-0.1, -0.05) is 26.8 Å². The Morgan fingerprint density at radius 3 is 2.83 bits per heavy atom. The zero-order valence-corrected chi connectivity index (χ0v) is 14.2. The molecule has 5 nitrogen and oxygen atoms in total. The van der Waals surface area contributed by atoms with Crippen LogP contribution in [-0.4, -0.2) is 20.6 Å². The molecule has 5 heteroatoms. The summed E-state index contributed by atoms with van der Waals surface area (Å²) >= 11 is 0. The van der Waals surface area contributed by atoms with E-state index >= 15 is 0 Å². The molecule has 0 aliphatic heterocycles. The SMILES string of the molecule is C[C@H](Cn1ccnc1)NCc1nc2cc(C(C)(C)C)ccc2o1. The number of fused-ring (bicyclic) bond motifs is 1. The molecule has 0 amide bonds. The molecule has 3 rings (SSSR count). The van der Waals surface area contributed by atoms with Crippen LogP contribution in [0.25, 0.3) is 11.1 Å². The molecule has 0 aliphatic carbocycles. The normalized spacial score (nSPS) is 13.6. The van der Waals surface area contributed by atoms with Crippen molar-refractivity contribution in [1.82, 2.24) is 19.9 Å². The highest BCUT2D eigenvalue weighted by molar-refractivity contribution is 5.73. The zero-order valence-electron chi connectivity index (χ0n) is 14.2. The van der Waals surface area contributed by atoms with Crippen molar-refractivity contribution in [2.24, 2.45) is 0 Å². The highest BCUT2D eigenvalue weighted by Crippen LogP contribution is 2.26. The second-order valence-corrected chi connectivity index (χ2v) is 7.08. The Bertz CT molecular complexity index is 768. The van der Waals surface area contributed by atoms with Gasteiger partial charge in [0.05, 0.1) is 12.9 Å². The van der Waals surface area contributed by atoms with Crippen LogP contribution in [0.5, 0.6) is 0 Å². The number of imidazole rings is 1. The van der Waals surface area contributed by atoms with E-state index in [0.29, 0.717) is 12.6 Å². The fourth-order valence-corrected chi connectivity index (χ4v) is 2.55. The van der Waals surface area contributed by atoms with Crippen molar-refractivity contribution in [1.29, 1.82) is 0 Å². The van der Waals surface area contributed by atoms with E-state index in [-0.39, 0.29) is 5.41 Å². The molecule has 0 radical (unpaired) electrons. The summed E-state index contributed by atoms with van der Waals surface area (Å²) in [5, 5.41) is 3.44. The lowest BCUT2D eigenvalue weighted by molar-refractivity contribution is 0.429. The van der Waals surface area contributed by atoms with E-state index in [0.717, 1.165) is 23.5 Å². The van der Waals surface area contributed by atoms with Crippen molar-refractivity contribution in [2.75, 3.05) is 0 Å². The van der Waals surface area contributed by atoms with Gasteiger partial charge in [0.15, 0.2) is 5.58 Å². The fraction of sp³-hybridized carbons (Fsp3) is 0.444. The lowest BCUT2D eigenvalue weighted by Gasteiger charge is -2.18. The number of hydrogen-bond donors (Lipinski definition) is 1. The average molecular weight is 312 g/mol. The van der Waals surface area contributed by atoms with Gasteiger partial charge in [0, 0.05) is 25.0 Å². The number of nitrogens with zero attached hydrogens (tertiary/aromatic N) is 3. The van der Waals surface area contributed by atoms with Crippen molar-refractivity contribution in [2.45, 2.75) is 52.2 Å². The Morgan fingerprint density at radius 2 is 2.13 bits per heavy atom. The lowest BCUT2D eigenvalue weighted by atomic mass is 9.87. The van der Waals surface area contributed by atoms with Crippen LogP contribution in [0.3, 0.4) is 0 Å². The van der Waals surface area contributed by atoms with Crippen molar-refractivity contribution < 1.29 is 4.42 Å². The summed E-state index contributed by atoms with van der Waals surface area (Å²) in [5.74, 6) is 0.726. The van der Waals surface area contributed by atoms with Crippen LogP contribution in [0.1, 0.15) is 39.1 Å². The number of benzene rings is 1. The minimum Gasteiger partial charge on any atom is -0.439 e. The van der Waals surface area contributed by atoms with Crippen LogP contribution >= 0.6 is 0 Å². The average Bonchev–Trinajstić information content (AvgIpc) is 3.11. The fourth-order valence-electron chi connectivity index (χ4n) is 2.55. The first kappa shape index (κ1) is 15.7. The van der Waals surface area contributed by atoms with Crippen LogP contribution in [0.2, 0.25) is 0 Å². The van der Waals surface area contributed by atoms with E-state index < -0.39 is 0 Å². The first-order valence-electron chi connectivity index (χ1n) is 8.01. The predicted molar refractivity (Wildman–Crippen MR) is 91.2 cm³/mol. The van der Waals surface area contributed by atoms with Gasteiger partial charge in [-0.25, -0.2) is 9.97 Å². The third-order valence-corrected chi connectivity index (χ3v) is 3.94. The zero-order chi connectivity index (χ0) is 16.4. The van der Waals surface area contributed by atoms with Gasteiger partial charge in [0.25, 0.3) is 0 Å². The van der Waals surface area contributed by atoms with Gasteiger partial charge in [-0.2, -0.15) is 0 Å². The minimum absolute atomic E-state index is 0.116. The molecule has 0 aliphatic rings. The number of hydrogen-bond acceptors (Lipinski definition) is 4. The van der Waals surface area contributed by atoms with Crippen LogP contribution in [0, 0.1) is 0 Å². The first-order chi connectivity index (χ1) is 10.9. The lowest BCUT2D eigenvalue weighted by Crippen LogP contribution is -2.29. The quantitative estimate of drug-likeness (QED) is 0.783. The summed E-state index contributed by atoms with van der Waals surface area (Å²) in [7, 11) is 0. The van der Waals surface area contributed by atoms with Crippen molar-refractivity contribution in [3.05, 3.63) is 48.4 Å². The summed E-state index contributed by atoms with van der Waals surface area (Å²) in [6, 6.07) is 6.56. The van der Waals surface area contributed by atoms with Gasteiger partial charge in [0.2, 0.25) is 5.89 Å². The Morgan fingerprint density at radius 1 is 1.30 bits per heavy atom. The largest absolute Gasteiger partial charge is 0.439 e. The maximum Gasteiger partial charge on any atom is 0.209 e. The second-order valence-electron chi connectivity index (χ2n) is 7.08. The molecule has 1 aromatic carbocycles. The summed E-state index contributed by atoms with van der Waals surface area (Å²) in [6.45, 7) is 10.2. The number of oxazole rings is 1. The molecule has 0 unspecified atom stereocenters. The Labute approximate surface area is 136 Å². The Kier molecular flexibility index (Phi) is 4.22. The summed E-state index contributed by atoms with van der Waals surface area (Å²) in [6.07, 6.45) is 5.58. The molecule has 1 N–H and O–H groups in total. The Balaban J connectivity index is 1.66. The summed E-state index contributed by atoms with van der Waals surface area (Å²) < 4.78 is 7.88. The van der Waals surface area contributed by atoms with Gasteiger partial charge < -0.3 is 14.3 Å². The maximum atomic E-state index is 5.83. The number of rotatable bonds is 5. The predicted octanol–water partition coefficient (Wildman–Crippen LogP) is 3.50. The van der Waals surface area contributed by atoms with E-state index in [1.165, 1.54) is 5.56 Å². The summed E-state index contributed by atoms with van der Waals surface area (Å²) in [4.78, 5) is 8.66. The molecular formula is C18H24N4O. The van der Waals surface area contributed by atoms with Gasteiger partial charge in [-0.05, 0) is 30.0 Å². The monoisotopic (exact) mass is 312 g/mol. The van der Waals surface area contributed by atoms with E-state index in [9.17, 15) is 0 Å². The molecule has 0 fully saturated rings. The van der Waals surface area contributed by atoms with Crippen LogP contribution < -0.4 is 5.32 Å². The van der Waals surface area contributed by atoms with Crippen molar-refractivity contribution in [3.8, 4) is 0 Å². The van der Waals surface area contributed by atoms with Gasteiger partial charge in [0.1, 0.15) is 5.52 Å². The van der Waals surface area contributed by atoms with Crippen LogP contribution in [-0.2, 0) is 18.5 Å². The van der Waals surface area contributed by atoms with Crippen molar-refractivity contribution >= 4 is 11.1 Å². The van der Waals surface area contributed by atoms with Gasteiger partial charge in [-0.3, -0.25) is 0 Å². The molecule has 23 heavy (non-hydrogen) atoms. The first-order valence-corrected chi connectivity index (χ1v) is 8.01. The molecular weight excluding hydrogens is 288 g/mol.